The lowest BCUT2D eigenvalue weighted by atomic mass is 9.96. The van der Waals surface area contributed by atoms with Gasteiger partial charge < -0.3 is 5.32 Å². The van der Waals surface area contributed by atoms with E-state index in [9.17, 15) is 4.79 Å². The summed E-state index contributed by atoms with van der Waals surface area (Å²) >= 11 is 1.77. The van der Waals surface area contributed by atoms with Crippen LogP contribution < -0.4 is 5.32 Å². The van der Waals surface area contributed by atoms with Crippen LogP contribution in [0.15, 0.2) is 35.2 Å². The van der Waals surface area contributed by atoms with Crippen molar-refractivity contribution in [1.82, 2.24) is 15.5 Å². The number of aryl methyl sites for hydroxylation is 1. The Kier molecular flexibility index (Phi) is 4.83. The molecule has 1 aromatic carbocycles. The normalized spacial score (nSPS) is 15.1. The van der Waals surface area contributed by atoms with E-state index >= 15 is 0 Å². The Morgan fingerprint density at radius 1 is 1.32 bits per heavy atom. The van der Waals surface area contributed by atoms with E-state index in [0.29, 0.717) is 17.5 Å². The quantitative estimate of drug-likeness (QED) is 0.833. The smallest absolute Gasteiger partial charge is 0.272 e. The van der Waals surface area contributed by atoms with Gasteiger partial charge in [-0.3, -0.25) is 9.89 Å². The van der Waals surface area contributed by atoms with Crippen molar-refractivity contribution in [2.24, 2.45) is 0 Å². The highest BCUT2D eigenvalue weighted by Crippen LogP contribution is 2.23. The first-order chi connectivity index (χ1) is 10.7. The van der Waals surface area contributed by atoms with Crippen LogP contribution >= 0.6 is 11.8 Å². The zero-order valence-corrected chi connectivity index (χ0v) is 13.6. The summed E-state index contributed by atoms with van der Waals surface area (Å²) in [6, 6.07) is 10.3. The zero-order valence-electron chi connectivity index (χ0n) is 12.8. The molecule has 0 spiro atoms. The van der Waals surface area contributed by atoms with Gasteiger partial charge in [-0.25, -0.2) is 0 Å². The monoisotopic (exact) mass is 315 g/mol. The average Bonchev–Trinajstić information content (AvgIpc) is 2.98. The van der Waals surface area contributed by atoms with Crippen molar-refractivity contribution < 1.29 is 4.79 Å². The summed E-state index contributed by atoms with van der Waals surface area (Å²) in [4.78, 5) is 13.6. The first kappa shape index (κ1) is 15.2. The van der Waals surface area contributed by atoms with E-state index in [0.717, 1.165) is 30.5 Å². The van der Waals surface area contributed by atoms with Crippen molar-refractivity contribution in [2.45, 2.75) is 42.8 Å². The van der Waals surface area contributed by atoms with Gasteiger partial charge in [0.2, 0.25) is 0 Å². The van der Waals surface area contributed by atoms with Crippen molar-refractivity contribution >= 4 is 17.7 Å². The first-order valence-electron chi connectivity index (χ1n) is 7.80. The van der Waals surface area contributed by atoms with Crippen molar-refractivity contribution in [3.05, 3.63) is 47.3 Å². The molecule has 22 heavy (non-hydrogen) atoms. The minimum Gasteiger partial charge on any atom is -0.350 e. The van der Waals surface area contributed by atoms with Crippen molar-refractivity contribution in [2.75, 3.05) is 6.54 Å². The van der Waals surface area contributed by atoms with Gasteiger partial charge in [0.05, 0.1) is 0 Å². The second-order valence-electron chi connectivity index (χ2n) is 5.69. The molecule has 0 saturated heterocycles. The van der Waals surface area contributed by atoms with Gasteiger partial charge in [-0.15, -0.1) is 11.8 Å². The summed E-state index contributed by atoms with van der Waals surface area (Å²) < 4.78 is 0. The number of aromatic amines is 1. The largest absolute Gasteiger partial charge is 0.350 e. The van der Waals surface area contributed by atoms with Crippen molar-refractivity contribution in [1.29, 1.82) is 0 Å². The summed E-state index contributed by atoms with van der Waals surface area (Å²) in [7, 11) is 0. The summed E-state index contributed by atoms with van der Waals surface area (Å²) in [5, 5.41) is 10.6. The molecule has 3 rings (SSSR count). The highest BCUT2D eigenvalue weighted by Gasteiger charge is 2.21. The maximum atomic E-state index is 12.3. The standard InChI is InChI=1S/C17H21N3OS/c1-12(22-13-7-3-2-4-8-13)11-18-17(21)16-14-9-5-6-10-15(14)19-20-16/h2-4,7-8,12H,5-6,9-11H2,1H3,(H,18,21)(H,19,20). The maximum Gasteiger partial charge on any atom is 0.272 e. The van der Waals surface area contributed by atoms with Crippen LogP contribution in [-0.4, -0.2) is 27.9 Å². The van der Waals surface area contributed by atoms with Gasteiger partial charge in [-0.1, -0.05) is 25.1 Å². The van der Waals surface area contributed by atoms with Crippen molar-refractivity contribution in [3.63, 3.8) is 0 Å². The predicted molar refractivity (Wildman–Crippen MR) is 89.3 cm³/mol. The number of rotatable bonds is 5. The molecule has 2 aromatic rings. The SMILES string of the molecule is CC(CNC(=O)c1n[nH]c2c1CCCC2)Sc1ccccc1. The molecule has 0 fully saturated rings. The second-order valence-corrected chi connectivity index (χ2v) is 7.20. The Bertz CT molecular complexity index is 639. The molecule has 5 heteroatoms. The maximum absolute atomic E-state index is 12.3. The molecule has 1 heterocycles. The van der Waals surface area contributed by atoms with Gasteiger partial charge >= 0.3 is 0 Å². The molecule has 0 aliphatic heterocycles. The number of benzene rings is 1. The van der Waals surface area contributed by atoms with Crippen LogP contribution in [0.2, 0.25) is 0 Å². The van der Waals surface area contributed by atoms with Crippen LogP contribution in [0, 0.1) is 0 Å². The van der Waals surface area contributed by atoms with Gasteiger partial charge in [-0.2, -0.15) is 5.10 Å². The van der Waals surface area contributed by atoms with Crippen LogP contribution in [0.1, 0.15) is 41.5 Å². The van der Waals surface area contributed by atoms with Crippen LogP contribution in [0.3, 0.4) is 0 Å². The number of carbonyl (C=O) groups is 1. The number of H-pyrrole nitrogens is 1. The van der Waals surface area contributed by atoms with Gasteiger partial charge in [0, 0.05) is 27.9 Å². The molecule has 2 N–H and O–H groups in total. The fraction of sp³-hybridized carbons (Fsp3) is 0.412. The van der Waals surface area contributed by atoms with Gasteiger partial charge in [0.1, 0.15) is 0 Å². The fourth-order valence-corrected chi connectivity index (χ4v) is 3.71. The minimum atomic E-state index is -0.0556. The molecule has 0 bridgehead atoms. The number of hydrogen-bond acceptors (Lipinski definition) is 3. The minimum absolute atomic E-state index is 0.0556. The Balaban J connectivity index is 1.55. The van der Waals surface area contributed by atoms with E-state index in [4.69, 9.17) is 0 Å². The lowest BCUT2D eigenvalue weighted by molar-refractivity contribution is 0.0948. The third-order valence-electron chi connectivity index (χ3n) is 3.90. The molecule has 1 aliphatic rings. The average molecular weight is 315 g/mol. The van der Waals surface area contributed by atoms with Crippen LogP contribution in [-0.2, 0) is 12.8 Å². The van der Waals surface area contributed by atoms with E-state index < -0.39 is 0 Å². The third kappa shape index (κ3) is 3.53. The van der Waals surface area contributed by atoms with E-state index in [1.54, 1.807) is 11.8 Å². The zero-order chi connectivity index (χ0) is 15.4. The number of thioether (sulfide) groups is 1. The van der Waals surface area contributed by atoms with Crippen LogP contribution in [0.4, 0.5) is 0 Å². The number of amides is 1. The number of carbonyl (C=O) groups excluding carboxylic acids is 1. The molecule has 1 aliphatic carbocycles. The molecular formula is C17H21N3OS. The summed E-state index contributed by atoms with van der Waals surface area (Å²) in [6.45, 7) is 2.76. The Labute approximate surface area is 135 Å². The van der Waals surface area contributed by atoms with Crippen molar-refractivity contribution in [3.8, 4) is 0 Å². The Morgan fingerprint density at radius 3 is 2.91 bits per heavy atom. The molecule has 1 aromatic heterocycles. The predicted octanol–water partition coefficient (Wildman–Crippen LogP) is 3.20. The number of hydrogen-bond donors (Lipinski definition) is 2. The Morgan fingerprint density at radius 2 is 2.09 bits per heavy atom. The van der Waals surface area contributed by atoms with E-state index in [2.05, 4.69) is 34.6 Å². The lowest BCUT2D eigenvalue weighted by Gasteiger charge is -2.13. The highest BCUT2D eigenvalue weighted by atomic mass is 32.2. The first-order valence-corrected chi connectivity index (χ1v) is 8.68. The number of nitrogens with one attached hydrogen (secondary N) is 2. The summed E-state index contributed by atoms with van der Waals surface area (Å²) in [5.74, 6) is -0.0556. The third-order valence-corrected chi connectivity index (χ3v) is 5.02. The van der Waals surface area contributed by atoms with Crippen LogP contribution in [0.5, 0.6) is 0 Å². The van der Waals surface area contributed by atoms with Gasteiger partial charge in [0.15, 0.2) is 5.69 Å². The lowest BCUT2D eigenvalue weighted by Crippen LogP contribution is -2.30. The molecule has 1 amide bonds. The molecule has 4 nitrogen and oxygen atoms in total. The van der Waals surface area contributed by atoms with E-state index in [-0.39, 0.29) is 5.91 Å². The fourth-order valence-electron chi connectivity index (χ4n) is 2.76. The van der Waals surface area contributed by atoms with Gasteiger partial charge in [-0.05, 0) is 37.8 Å². The Hall–Kier alpha value is -1.75. The number of nitrogens with zero attached hydrogens (tertiary/aromatic N) is 1. The molecule has 0 saturated carbocycles. The molecule has 1 unspecified atom stereocenters. The topological polar surface area (TPSA) is 57.8 Å². The van der Waals surface area contributed by atoms with Crippen LogP contribution in [0.25, 0.3) is 0 Å². The molecule has 0 radical (unpaired) electrons. The highest BCUT2D eigenvalue weighted by molar-refractivity contribution is 8.00. The van der Waals surface area contributed by atoms with Gasteiger partial charge in [0.25, 0.3) is 5.91 Å². The van der Waals surface area contributed by atoms with E-state index in [1.165, 1.54) is 11.3 Å². The number of aromatic nitrogens is 2. The molecule has 116 valence electrons. The summed E-state index contributed by atoms with van der Waals surface area (Å²) in [5.41, 5.74) is 2.85. The van der Waals surface area contributed by atoms with E-state index in [1.807, 2.05) is 18.2 Å². The number of fused-ring (bicyclic) bond motifs is 1. The second kappa shape index (κ2) is 7.01. The molecule has 1 atom stereocenters. The molecular weight excluding hydrogens is 294 g/mol. The summed E-state index contributed by atoms with van der Waals surface area (Å²) in [6.07, 6.45) is 4.30.